The van der Waals surface area contributed by atoms with Crippen molar-refractivity contribution in [3.63, 3.8) is 0 Å². The number of nitrogens with zero attached hydrogens (tertiary/aromatic N) is 1. The second-order valence-corrected chi connectivity index (χ2v) is 5.36. The molecule has 0 heterocycles. The summed E-state index contributed by atoms with van der Waals surface area (Å²) < 4.78 is 18.6. The molecule has 0 radical (unpaired) electrons. The average molecular weight is 330 g/mol. The van der Waals surface area contributed by atoms with Gasteiger partial charge in [0.1, 0.15) is 19.0 Å². The summed E-state index contributed by atoms with van der Waals surface area (Å²) in [5.74, 6) is -0.828. The number of rotatable bonds is 5. The molecular weight excluding hydrogens is 311 g/mol. The lowest BCUT2D eigenvalue weighted by atomic mass is 10.2. The molecular formula is C18H19FN2O3. The first-order valence-corrected chi connectivity index (χ1v) is 7.44. The predicted octanol–water partition coefficient (Wildman–Crippen LogP) is 3.34. The number of hydrogen-bond donors (Lipinski definition) is 1. The Kier molecular flexibility index (Phi) is 5.89. The number of hydrogen-bond acceptors (Lipinski definition) is 3. The Labute approximate surface area is 140 Å². The van der Waals surface area contributed by atoms with Gasteiger partial charge in [0.2, 0.25) is 5.91 Å². The summed E-state index contributed by atoms with van der Waals surface area (Å²) in [6.45, 7) is 1.51. The van der Waals surface area contributed by atoms with E-state index in [0.717, 1.165) is 10.5 Å². The fraction of sp³-hybridized carbons (Fsp3) is 0.222. The minimum Gasteiger partial charge on any atom is -0.445 e. The van der Waals surface area contributed by atoms with E-state index < -0.39 is 17.8 Å². The zero-order valence-corrected chi connectivity index (χ0v) is 13.6. The van der Waals surface area contributed by atoms with Crippen molar-refractivity contribution < 1.29 is 18.7 Å². The number of carbonyl (C=O) groups is 2. The summed E-state index contributed by atoms with van der Waals surface area (Å²) in [5, 5.41) is 2.58. The van der Waals surface area contributed by atoms with E-state index >= 15 is 0 Å². The minimum atomic E-state index is -0.607. The number of likely N-dealkylation sites (N-methyl/N-ethyl adjacent to an activating group) is 1. The largest absolute Gasteiger partial charge is 0.445 e. The molecule has 0 atom stereocenters. The van der Waals surface area contributed by atoms with Gasteiger partial charge in [0.15, 0.2) is 0 Å². The van der Waals surface area contributed by atoms with Crippen molar-refractivity contribution in [3.05, 3.63) is 65.5 Å². The second-order valence-electron chi connectivity index (χ2n) is 5.36. The van der Waals surface area contributed by atoms with Crippen molar-refractivity contribution in [1.29, 1.82) is 0 Å². The third-order valence-corrected chi connectivity index (χ3v) is 3.44. The van der Waals surface area contributed by atoms with E-state index in [-0.39, 0.29) is 13.2 Å². The topological polar surface area (TPSA) is 58.6 Å². The van der Waals surface area contributed by atoms with E-state index in [0.29, 0.717) is 11.3 Å². The fourth-order valence-electron chi connectivity index (χ4n) is 2.04. The lowest BCUT2D eigenvalue weighted by molar-refractivity contribution is -0.116. The van der Waals surface area contributed by atoms with Crippen LogP contribution in [-0.2, 0) is 16.1 Å². The first kappa shape index (κ1) is 17.5. The lowest BCUT2D eigenvalue weighted by Crippen LogP contribution is -2.35. The van der Waals surface area contributed by atoms with Crippen LogP contribution in [0.5, 0.6) is 0 Å². The van der Waals surface area contributed by atoms with E-state index in [1.54, 1.807) is 13.0 Å². The van der Waals surface area contributed by atoms with Gasteiger partial charge in [0.05, 0.1) is 0 Å². The zero-order valence-electron chi connectivity index (χ0n) is 13.6. The van der Waals surface area contributed by atoms with E-state index in [1.807, 2.05) is 30.3 Å². The maximum absolute atomic E-state index is 13.4. The number of ether oxygens (including phenoxy) is 1. The summed E-state index contributed by atoms with van der Waals surface area (Å²) in [7, 11) is 1.46. The molecule has 0 spiro atoms. The van der Waals surface area contributed by atoms with Crippen molar-refractivity contribution >= 4 is 17.7 Å². The van der Waals surface area contributed by atoms with Gasteiger partial charge < -0.3 is 15.0 Å². The number of nitrogens with one attached hydrogen (secondary N) is 1. The molecule has 0 unspecified atom stereocenters. The molecule has 0 aliphatic heterocycles. The molecule has 2 aromatic carbocycles. The van der Waals surface area contributed by atoms with Gasteiger partial charge >= 0.3 is 6.09 Å². The highest BCUT2D eigenvalue weighted by molar-refractivity contribution is 5.94. The van der Waals surface area contributed by atoms with Crippen molar-refractivity contribution in [1.82, 2.24) is 4.90 Å². The van der Waals surface area contributed by atoms with Crippen LogP contribution in [0.1, 0.15) is 11.1 Å². The second kappa shape index (κ2) is 8.10. The molecule has 0 fully saturated rings. The van der Waals surface area contributed by atoms with Gasteiger partial charge in [0.25, 0.3) is 0 Å². The van der Waals surface area contributed by atoms with Crippen LogP contribution in [0.3, 0.4) is 0 Å². The van der Waals surface area contributed by atoms with E-state index in [4.69, 9.17) is 4.74 Å². The number of amides is 2. The van der Waals surface area contributed by atoms with Gasteiger partial charge in [-0.15, -0.1) is 0 Å². The highest BCUT2D eigenvalue weighted by atomic mass is 19.1. The molecule has 0 aliphatic rings. The highest BCUT2D eigenvalue weighted by Gasteiger charge is 2.15. The Morgan fingerprint density at radius 1 is 1.12 bits per heavy atom. The van der Waals surface area contributed by atoms with Crippen LogP contribution in [0.2, 0.25) is 0 Å². The molecule has 0 aromatic heterocycles. The molecule has 1 N–H and O–H groups in total. The van der Waals surface area contributed by atoms with Crippen molar-refractivity contribution in [2.24, 2.45) is 0 Å². The van der Waals surface area contributed by atoms with Crippen LogP contribution < -0.4 is 5.32 Å². The minimum absolute atomic E-state index is 0.134. The van der Waals surface area contributed by atoms with E-state index in [1.165, 1.54) is 19.2 Å². The average Bonchev–Trinajstić information content (AvgIpc) is 2.57. The van der Waals surface area contributed by atoms with Crippen molar-refractivity contribution in [2.75, 3.05) is 18.9 Å². The Morgan fingerprint density at radius 3 is 2.54 bits per heavy atom. The number of benzene rings is 2. The summed E-state index contributed by atoms with van der Waals surface area (Å²) in [6.07, 6.45) is -0.607. The summed E-state index contributed by atoms with van der Waals surface area (Å²) in [4.78, 5) is 25.0. The number of halogens is 1. The Balaban J connectivity index is 1.84. The summed E-state index contributed by atoms with van der Waals surface area (Å²) in [5.41, 5.74) is 1.59. The predicted molar refractivity (Wildman–Crippen MR) is 89.0 cm³/mol. The molecule has 5 nitrogen and oxygen atoms in total. The van der Waals surface area contributed by atoms with Crippen LogP contribution in [-0.4, -0.2) is 30.5 Å². The highest BCUT2D eigenvalue weighted by Crippen LogP contribution is 2.17. The Morgan fingerprint density at radius 2 is 1.83 bits per heavy atom. The quantitative estimate of drug-likeness (QED) is 0.915. The first-order chi connectivity index (χ1) is 11.5. The molecule has 0 saturated carbocycles. The van der Waals surface area contributed by atoms with Crippen LogP contribution in [0.4, 0.5) is 14.9 Å². The third kappa shape index (κ3) is 4.81. The molecule has 2 amide bonds. The van der Waals surface area contributed by atoms with Crippen molar-refractivity contribution in [3.8, 4) is 0 Å². The summed E-state index contributed by atoms with van der Waals surface area (Å²) in [6, 6.07) is 13.7. The fourth-order valence-corrected chi connectivity index (χ4v) is 2.04. The van der Waals surface area contributed by atoms with Gasteiger partial charge in [-0.1, -0.05) is 36.4 Å². The third-order valence-electron chi connectivity index (χ3n) is 3.44. The van der Waals surface area contributed by atoms with Gasteiger partial charge in [0, 0.05) is 18.3 Å². The molecule has 24 heavy (non-hydrogen) atoms. The Bertz CT molecular complexity index is 719. The smallest absolute Gasteiger partial charge is 0.410 e. The maximum atomic E-state index is 13.4. The normalized spacial score (nSPS) is 10.1. The van der Waals surface area contributed by atoms with Crippen LogP contribution >= 0.6 is 0 Å². The molecule has 6 heteroatoms. The molecule has 126 valence electrons. The Hall–Kier alpha value is -2.89. The molecule has 2 aromatic rings. The van der Waals surface area contributed by atoms with Crippen LogP contribution in [0.15, 0.2) is 48.5 Å². The first-order valence-electron chi connectivity index (χ1n) is 7.44. The van der Waals surface area contributed by atoms with Gasteiger partial charge in [-0.05, 0) is 24.6 Å². The molecule has 0 bridgehead atoms. The molecule has 2 rings (SSSR count). The van der Waals surface area contributed by atoms with E-state index in [9.17, 15) is 14.0 Å². The summed E-state index contributed by atoms with van der Waals surface area (Å²) >= 11 is 0. The van der Waals surface area contributed by atoms with E-state index in [2.05, 4.69) is 5.32 Å². The van der Waals surface area contributed by atoms with Crippen LogP contribution in [0.25, 0.3) is 0 Å². The molecule has 0 aliphatic carbocycles. The standard InChI is InChI=1S/C18H19FN2O3/c1-13-15(19)9-6-10-16(13)20-17(22)11-21(2)18(23)24-12-14-7-4-3-5-8-14/h3-10H,11-12H2,1-2H3,(H,20,22). The van der Waals surface area contributed by atoms with Crippen LogP contribution in [0, 0.1) is 12.7 Å². The molecule has 0 saturated heterocycles. The van der Waals surface area contributed by atoms with Crippen molar-refractivity contribution in [2.45, 2.75) is 13.5 Å². The van der Waals surface area contributed by atoms with Gasteiger partial charge in [-0.25, -0.2) is 9.18 Å². The lowest BCUT2D eigenvalue weighted by Gasteiger charge is -2.17. The SMILES string of the molecule is Cc1c(F)cccc1NC(=O)CN(C)C(=O)OCc1ccccc1. The monoisotopic (exact) mass is 330 g/mol. The number of anilines is 1. The van der Waals surface area contributed by atoms with Gasteiger partial charge in [-0.2, -0.15) is 0 Å². The zero-order chi connectivity index (χ0) is 17.5. The number of carbonyl (C=O) groups excluding carboxylic acids is 2. The van der Waals surface area contributed by atoms with Gasteiger partial charge in [-0.3, -0.25) is 4.79 Å². The maximum Gasteiger partial charge on any atom is 0.410 e.